The molecule has 18 heavy (non-hydrogen) atoms. The van der Waals surface area contributed by atoms with Crippen LogP contribution < -0.4 is 0 Å². The molecule has 0 aliphatic rings. The molecular formula is C13H17ClO4. The van der Waals surface area contributed by atoms with Crippen LogP contribution in [-0.2, 0) is 9.53 Å². The lowest BCUT2D eigenvalue weighted by Gasteiger charge is -2.19. The summed E-state index contributed by atoms with van der Waals surface area (Å²) in [5, 5.41) is 20.1. The topological polar surface area (TPSA) is 66.8 Å². The number of carbonyl (C=O) groups excluding carboxylic acids is 1. The Bertz CT molecular complexity index is 419. The van der Waals surface area contributed by atoms with Gasteiger partial charge in [-0.15, -0.1) is 0 Å². The van der Waals surface area contributed by atoms with Crippen molar-refractivity contribution in [3.8, 4) is 0 Å². The highest BCUT2D eigenvalue weighted by Crippen LogP contribution is 2.28. The second-order valence-electron chi connectivity index (χ2n) is 4.00. The first kappa shape index (κ1) is 15.0. The third-order valence-electron chi connectivity index (χ3n) is 2.59. The number of hydrogen-bond acceptors (Lipinski definition) is 4. The molecule has 1 aromatic carbocycles. The van der Waals surface area contributed by atoms with Gasteiger partial charge in [-0.05, 0) is 19.4 Å². The Hall–Kier alpha value is -1.10. The molecule has 100 valence electrons. The molecule has 0 amide bonds. The average Bonchev–Trinajstić information content (AvgIpc) is 2.32. The van der Waals surface area contributed by atoms with Gasteiger partial charge in [0.15, 0.2) is 0 Å². The van der Waals surface area contributed by atoms with Gasteiger partial charge in [0, 0.05) is 10.6 Å². The summed E-state index contributed by atoms with van der Waals surface area (Å²) in [6, 6.07) is 5.15. The Labute approximate surface area is 111 Å². The van der Waals surface area contributed by atoms with Crippen LogP contribution in [0, 0.1) is 6.92 Å². The molecule has 0 saturated carbocycles. The van der Waals surface area contributed by atoms with Crippen molar-refractivity contribution in [2.75, 3.05) is 6.61 Å². The molecule has 0 saturated heterocycles. The normalized spacial score (nSPS) is 14.1. The van der Waals surface area contributed by atoms with Gasteiger partial charge in [-0.25, -0.2) is 0 Å². The van der Waals surface area contributed by atoms with Crippen LogP contribution in [0.15, 0.2) is 18.2 Å². The van der Waals surface area contributed by atoms with E-state index in [4.69, 9.17) is 16.3 Å². The molecule has 1 rings (SSSR count). The van der Waals surface area contributed by atoms with Gasteiger partial charge in [0.2, 0.25) is 0 Å². The molecule has 2 N–H and O–H groups in total. The predicted octanol–water partition coefficient (Wildman–Crippen LogP) is 2.00. The number of rotatable bonds is 5. The molecule has 4 nitrogen and oxygen atoms in total. The van der Waals surface area contributed by atoms with Crippen molar-refractivity contribution >= 4 is 17.6 Å². The third-order valence-corrected chi connectivity index (χ3v) is 3.10. The van der Waals surface area contributed by atoms with Crippen molar-refractivity contribution in [2.24, 2.45) is 0 Å². The van der Waals surface area contributed by atoms with E-state index >= 15 is 0 Å². The van der Waals surface area contributed by atoms with E-state index in [9.17, 15) is 15.0 Å². The summed E-state index contributed by atoms with van der Waals surface area (Å²) in [7, 11) is 0. The summed E-state index contributed by atoms with van der Waals surface area (Å²) < 4.78 is 4.71. The van der Waals surface area contributed by atoms with Crippen LogP contribution in [0.25, 0.3) is 0 Å². The van der Waals surface area contributed by atoms with Crippen LogP contribution in [0.4, 0.5) is 0 Å². The van der Waals surface area contributed by atoms with E-state index in [1.54, 1.807) is 32.0 Å². The first-order valence-corrected chi connectivity index (χ1v) is 6.12. The van der Waals surface area contributed by atoms with Gasteiger partial charge >= 0.3 is 5.97 Å². The molecule has 0 radical (unpaired) electrons. The number of benzene rings is 1. The first-order chi connectivity index (χ1) is 8.47. The molecule has 0 bridgehead atoms. The lowest BCUT2D eigenvalue weighted by molar-refractivity contribution is -0.147. The fraction of sp³-hybridized carbons (Fsp3) is 0.462. The number of ether oxygens (including phenoxy) is 1. The van der Waals surface area contributed by atoms with E-state index in [1.807, 2.05) is 0 Å². The fourth-order valence-corrected chi connectivity index (χ4v) is 1.85. The Balaban J connectivity index is 2.77. The summed E-state index contributed by atoms with van der Waals surface area (Å²) in [6.45, 7) is 3.72. The monoisotopic (exact) mass is 272 g/mol. The van der Waals surface area contributed by atoms with Crippen LogP contribution in [0.1, 0.15) is 30.6 Å². The molecule has 0 fully saturated rings. The zero-order chi connectivity index (χ0) is 13.7. The number of aryl methyl sites for hydroxylation is 1. The Morgan fingerprint density at radius 2 is 2.11 bits per heavy atom. The number of esters is 1. The number of aliphatic hydroxyl groups is 2. The molecule has 1 aromatic rings. The van der Waals surface area contributed by atoms with Crippen LogP contribution >= 0.6 is 11.6 Å². The highest BCUT2D eigenvalue weighted by atomic mass is 35.5. The number of aliphatic hydroxyl groups excluding tert-OH is 2. The maximum atomic E-state index is 11.2. The smallest absolute Gasteiger partial charge is 0.308 e. The molecule has 0 aromatic heterocycles. The molecule has 2 unspecified atom stereocenters. The molecule has 0 aliphatic heterocycles. The number of halogens is 1. The minimum absolute atomic E-state index is 0.243. The summed E-state index contributed by atoms with van der Waals surface area (Å²) in [6.07, 6.45) is -2.70. The third kappa shape index (κ3) is 3.70. The quantitative estimate of drug-likeness (QED) is 0.805. The Morgan fingerprint density at radius 1 is 1.44 bits per heavy atom. The zero-order valence-electron chi connectivity index (χ0n) is 10.4. The molecule has 2 atom stereocenters. The van der Waals surface area contributed by atoms with E-state index in [2.05, 4.69) is 0 Å². The lowest BCUT2D eigenvalue weighted by Crippen LogP contribution is -2.23. The van der Waals surface area contributed by atoms with Gasteiger partial charge in [0.05, 0.1) is 19.1 Å². The standard InChI is InChI=1S/C13H17ClO4/c1-3-18-11(16)7-10(15)13(17)9-6-4-5-8(2)12(9)14/h4-6,10,13,15,17H,3,7H2,1-2H3. The van der Waals surface area contributed by atoms with Crippen molar-refractivity contribution in [3.63, 3.8) is 0 Å². The van der Waals surface area contributed by atoms with Gasteiger partial charge in [-0.2, -0.15) is 0 Å². The van der Waals surface area contributed by atoms with Crippen molar-refractivity contribution in [1.29, 1.82) is 0 Å². The second-order valence-corrected chi connectivity index (χ2v) is 4.38. The van der Waals surface area contributed by atoms with Gasteiger partial charge < -0.3 is 14.9 Å². The second kappa shape index (κ2) is 6.73. The molecule has 0 spiro atoms. The molecule has 0 heterocycles. The molecule has 0 aliphatic carbocycles. The average molecular weight is 273 g/mol. The van der Waals surface area contributed by atoms with Crippen LogP contribution in [-0.4, -0.2) is 28.9 Å². The Morgan fingerprint density at radius 3 is 2.72 bits per heavy atom. The van der Waals surface area contributed by atoms with Crippen molar-refractivity contribution in [2.45, 2.75) is 32.5 Å². The van der Waals surface area contributed by atoms with E-state index in [0.29, 0.717) is 10.6 Å². The van der Waals surface area contributed by atoms with Crippen molar-refractivity contribution in [3.05, 3.63) is 34.3 Å². The molecule has 5 heteroatoms. The summed E-state index contributed by atoms with van der Waals surface area (Å²) in [5.41, 5.74) is 1.21. The lowest BCUT2D eigenvalue weighted by atomic mass is 10.0. The van der Waals surface area contributed by atoms with Gasteiger partial charge in [0.25, 0.3) is 0 Å². The van der Waals surface area contributed by atoms with E-state index in [1.165, 1.54) is 0 Å². The highest BCUT2D eigenvalue weighted by Gasteiger charge is 2.24. The van der Waals surface area contributed by atoms with Crippen LogP contribution in [0.5, 0.6) is 0 Å². The largest absolute Gasteiger partial charge is 0.466 e. The SMILES string of the molecule is CCOC(=O)CC(O)C(O)c1cccc(C)c1Cl. The predicted molar refractivity (Wildman–Crippen MR) is 68.4 cm³/mol. The summed E-state index contributed by atoms with van der Waals surface area (Å²) in [4.78, 5) is 11.2. The van der Waals surface area contributed by atoms with E-state index in [0.717, 1.165) is 5.56 Å². The number of carbonyl (C=O) groups is 1. The van der Waals surface area contributed by atoms with Gasteiger partial charge in [0.1, 0.15) is 6.10 Å². The fourth-order valence-electron chi connectivity index (χ4n) is 1.61. The Kier molecular flexibility index (Phi) is 5.59. The van der Waals surface area contributed by atoms with Crippen LogP contribution in [0.2, 0.25) is 5.02 Å². The van der Waals surface area contributed by atoms with Gasteiger partial charge in [-0.3, -0.25) is 4.79 Å². The number of hydrogen-bond donors (Lipinski definition) is 2. The highest BCUT2D eigenvalue weighted by molar-refractivity contribution is 6.32. The van der Waals surface area contributed by atoms with E-state index in [-0.39, 0.29) is 13.0 Å². The van der Waals surface area contributed by atoms with Crippen molar-refractivity contribution in [1.82, 2.24) is 0 Å². The van der Waals surface area contributed by atoms with Crippen LogP contribution in [0.3, 0.4) is 0 Å². The minimum atomic E-state index is -1.23. The summed E-state index contributed by atoms with van der Waals surface area (Å²) in [5.74, 6) is -0.548. The zero-order valence-corrected chi connectivity index (χ0v) is 11.1. The van der Waals surface area contributed by atoms with Crippen molar-refractivity contribution < 1.29 is 19.7 Å². The van der Waals surface area contributed by atoms with E-state index < -0.39 is 18.2 Å². The van der Waals surface area contributed by atoms with Gasteiger partial charge in [-0.1, -0.05) is 29.8 Å². The molecular weight excluding hydrogens is 256 g/mol. The maximum absolute atomic E-state index is 11.2. The summed E-state index contributed by atoms with van der Waals surface area (Å²) >= 11 is 6.04. The maximum Gasteiger partial charge on any atom is 0.308 e. The first-order valence-electron chi connectivity index (χ1n) is 5.74. The minimum Gasteiger partial charge on any atom is -0.466 e.